The summed E-state index contributed by atoms with van der Waals surface area (Å²) in [5.41, 5.74) is 0.115. The van der Waals surface area contributed by atoms with Crippen LogP contribution in [0.2, 0.25) is 0 Å². The van der Waals surface area contributed by atoms with Gasteiger partial charge in [0.15, 0.2) is 21.5 Å². The van der Waals surface area contributed by atoms with Crippen molar-refractivity contribution in [3.05, 3.63) is 29.3 Å². The number of sulfone groups is 1. The van der Waals surface area contributed by atoms with Gasteiger partial charge in [-0.15, -0.1) is 0 Å². The molecule has 0 spiro atoms. The third-order valence-corrected chi connectivity index (χ3v) is 4.50. The molecule has 1 aliphatic heterocycles. The van der Waals surface area contributed by atoms with Crippen molar-refractivity contribution in [2.45, 2.75) is 11.3 Å². The van der Waals surface area contributed by atoms with E-state index in [-0.39, 0.29) is 10.5 Å². The molecule has 0 unspecified atom stereocenters. The summed E-state index contributed by atoms with van der Waals surface area (Å²) >= 11 is 0. The molecular formula is C13H18F2N2O2S. The molecule has 1 saturated heterocycles. The van der Waals surface area contributed by atoms with E-state index in [9.17, 15) is 17.2 Å². The van der Waals surface area contributed by atoms with E-state index in [0.717, 1.165) is 38.5 Å². The molecule has 112 valence electrons. The summed E-state index contributed by atoms with van der Waals surface area (Å²) in [6.45, 7) is 4.05. The van der Waals surface area contributed by atoms with Crippen LogP contribution < -0.4 is 5.32 Å². The normalized spacial score (nSPS) is 17.4. The lowest BCUT2D eigenvalue weighted by molar-refractivity contribution is 0.243. The van der Waals surface area contributed by atoms with Crippen LogP contribution in [0.4, 0.5) is 8.78 Å². The molecule has 7 heteroatoms. The van der Waals surface area contributed by atoms with E-state index in [1.165, 1.54) is 6.07 Å². The highest BCUT2D eigenvalue weighted by Gasteiger charge is 2.17. The molecule has 0 saturated carbocycles. The maximum absolute atomic E-state index is 13.7. The molecule has 0 bridgehead atoms. The Morgan fingerprint density at radius 2 is 1.90 bits per heavy atom. The van der Waals surface area contributed by atoms with E-state index in [1.807, 2.05) is 0 Å². The van der Waals surface area contributed by atoms with Crippen LogP contribution in [0.3, 0.4) is 0 Å². The minimum atomic E-state index is -3.54. The van der Waals surface area contributed by atoms with E-state index in [4.69, 9.17) is 0 Å². The molecule has 1 aromatic rings. The molecule has 2 rings (SSSR count). The highest BCUT2D eigenvalue weighted by Crippen LogP contribution is 2.19. The van der Waals surface area contributed by atoms with Gasteiger partial charge in [0, 0.05) is 39.0 Å². The van der Waals surface area contributed by atoms with Gasteiger partial charge in [-0.2, -0.15) is 0 Å². The van der Waals surface area contributed by atoms with E-state index >= 15 is 0 Å². The van der Waals surface area contributed by atoms with Crippen LogP contribution in [0.15, 0.2) is 17.0 Å². The van der Waals surface area contributed by atoms with Crippen molar-refractivity contribution < 1.29 is 17.2 Å². The maximum atomic E-state index is 13.7. The molecular weight excluding hydrogens is 286 g/mol. The molecule has 20 heavy (non-hydrogen) atoms. The van der Waals surface area contributed by atoms with Gasteiger partial charge in [-0.3, -0.25) is 0 Å². The van der Waals surface area contributed by atoms with E-state index in [1.54, 1.807) is 0 Å². The zero-order valence-corrected chi connectivity index (χ0v) is 12.1. The summed E-state index contributed by atoms with van der Waals surface area (Å²) in [4.78, 5) is 1.97. The number of piperazine rings is 1. The largest absolute Gasteiger partial charge is 0.314 e. The lowest BCUT2D eigenvalue weighted by Crippen LogP contribution is -2.44. The van der Waals surface area contributed by atoms with Gasteiger partial charge in [-0.25, -0.2) is 17.2 Å². The number of hydrogen-bond acceptors (Lipinski definition) is 4. The van der Waals surface area contributed by atoms with Crippen LogP contribution in [-0.2, 0) is 16.3 Å². The van der Waals surface area contributed by atoms with Crippen molar-refractivity contribution in [1.82, 2.24) is 10.2 Å². The van der Waals surface area contributed by atoms with Crippen LogP contribution in [-0.4, -0.2) is 52.3 Å². The second kappa shape index (κ2) is 6.15. The van der Waals surface area contributed by atoms with Gasteiger partial charge in [0.25, 0.3) is 0 Å². The smallest absolute Gasteiger partial charge is 0.175 e. The molecule has 0 atom stereocenters. The van der Waals surface area contributed by atoms with Gasteiger partial charge in [0.1, 0.15) is 0 Å². The predicted octanol–water partition coefficient (Wildman–Crippen LogP) is 0.816. The predicted molar refractivity (Wildman–Crippen MR) is 72.5 cm³/mol. The minimum Gasteiger partial charge on any atom is -0.314 e. The van der Waals surface area contributed by atoms with Crippen molar-refractivity contribution in [1.29, 1.82) is 0 Å². The highest BCUT2D eigenvalue weighted by atomic mass is 32.2. The SMILES string of the molecule is CS(=O)(=O)c1cc(F)c(F)c(CCN2CCNCC2)c1. The minimum absolute atomic E-state index is 0.115. The molecule has 1 heterocycles. The number of hydrogen-bond donors (Lipinski definition) is 1. The topological polar surface area (TPSA) is 49.4 Å². The Bertz CT molecular complexity index is 584. The Morgan fingerprint density at radius 3 is 2.50 bits per heavy atom. The third-order valence-electron chi connectivity index (χ3n) is 3.41. The second-order valence-corrected chi connectivity index (χ2v) is 7.01. The first-order chi connectivity index (χ1) is 9.38. The Hall–Kier alpha value is -1.05. The van der Waals surface area contributed by atoms with Crippen LogP contribution in [0.25, 0.3) is 0 Å². The van der Waals surface area contributed by atoms with E-state index < -0.39 is 21.5 Å². The highest BCUT2D eigenvalue weighted by molar-refractivity contribution is 7.90. The maximum Gasteiger partial charge on any atom is 0.175 e. The van der Waals surface area contributed by atoms with Crippen molar-refractivity contribution in [3.8, 4) is 0 Å². The Balaban J connectivity index is 2.15. The van der Waals surface area contributed by atoms with Gasteiger partial charge in [0.05, 0.1) is 4.90 Å². The Labute approximate surface area is 117 Å². The van der Waals surface area contributed by atoms with Crippen LogP contribution in [0, 0.1) is 11.6 Å². The standard InChI is InChI=1S/C13H18F2N2O2S/c1-20(18,19)11-8-10(13(15)12(14)9-11)2-5-17-6-3-16-4-7-17/h8-9,16H,2-7H2,1H3. The average molecular weight is 304 g/mol. The molecule has 1 aliphatic rings. The third kappa shape index (κ3) is 3.74. The van der Waals surface area contributed by atoms with Crippen molar-refractivity contribution >= 4 is 9.84 Å². The molecule has 0 amide bonds. The fraction of sp³-hybridized carbons (Fsp3) is 0.538. The number of nitrogens with one attached hydrogen (secondary N) is 1. The first-order valence-electron chi connectivity index (χ1n) is 6.49. The van der Waals surface area contributed by atoms with Crippen molar-refractivity contribution in [3.63, 3.8) is 0 Å². The number of rotatable bonds is 4. The van der Waals surface area contributed by atoms with Crippen LogP contribution in [0.1, 0.15) is 5.56 Å². The number of halogens is 2. The summed E-state index contributed by atoms with van der Waals surface area (Å²) in [6, 6.07) is 1.97. The monoisotopic (exact) mass is 304 g/mol. The lowest BCUT2D eigenvalue weighted by atomic mass is 10.1. The summed E-state index contributed by atoms with van der Waals surface area (Å²) in [5.74, 6) is -2.06. The molecule has 0 aromatic heterocycles. The summed E-state index contributed by atoms with van der Waals surface area (Å²) in [6.07, 6.45) is 1.28. The molecule has 1 N–H and O–H groups in total. The second-order valence-electron chi connectivity index (χ2n) is 4.99. The number of benzene rings is 1. The van der Waals surface area contributed by atoms with E-state index in [2.05, 4.69) is 10.2 Å². The Kier molecular flexibility index (Phi) is 4.72. The summed E-state index contributed by atoms with van der Waals surface area (Å²) < 4.78 is 50.1. The first-order valence-corrected chi connectivity index (χ1v) is 8.38. The fourth-order valence-corrected chi connectivity index (χ4v) is 2.90. The van der Waals surface area contributed by atoms with E-state index in [0.29, 0.717) is 13.0 Å². The van der Waals surface area contributed by atoms with Gasteiger partial charge >= 0.3 is 0 Å². The van der Waals surface area contributed by atoms with Crippen molar-refractivity contribution in [2.24, 2.45) is 0 Å². The fourth-order valence-electron chi connectivity index (χ4n) is 2.23. The average Bonchev–Trinajstić information content (AvgIpc) is 2.40. The summed E-state index contributed by atoms with van der Waals surface area (Å²) in [5, 5.41) is 3.21. The zero-order valence-electron chi connectivity index (χ0n) is 11.3. The van der Waals surface area contributed by atoms with Crippen LogP contribution in [0.5, 0.6) is 0 Å². The van der Waals surface area contributed by atoms with Crippen LogP contribution >= 0.6 is 0 Å². The quantitative estimate of drug-likeness (QED) is 0.837. The van der Waals surface area contributed by atoms with Gasteiger partial charge in [0.2, 0.25) is 0 Å². The first kappa shape index (κ1) is 15.3. The molecule has 0 radical (unpaired) electrons. The van der Waals surface area contributed by atoms with Gasteiger partial charge in [-0.05, 0) is 24.1 Å². The molecule has 0 aliphatic carbocycles. The molecule has 1 fully saturated rings. The van der Waals surface area contributed by atoms with Crippen molar-refractivity contribution in [2.75, 3.05) is 39.0 Å². The lowest BCUT2D eigenvalue weighted by Gasteiger charge is -2.27. The summed E-state index contributed by atoms with van der Waals surface area (Å²) in [7, 11) is -3.54. The van der Waals surface area contributed by atoms with Gasteiger partial charge < -0.3 is 10.2 Å². The van der Waals surface area contributed by atoms with Gasteiger partial charge in [-0.1, -0.05) is 0 Å². The molecule has 1 aromatic carbocycles. The number of nitrogens with zero attached hydrogens (tertiary/aromatic N) is 1. The zero-order chi connectivity index (χ0) is 14.8. The molecule has 4 nitrogen and oxygen atoms in total. The Morgan fingerprint density at radius 1 is 1.25 bits per heavy atom.